The first-order valence-corrected chi connectivity index (χ1v) is 11.0. The Morgan fingerprint density at radius 2 is 1.56 bits per heavy atom. The van der Waals surface area contributed by atoms with E-state index in [0.29, 0.717) is 17.7 Å². The Bertz CT molecular complexity index is 1070. The van der Waals surface area contributed by atoms with E-state index in [1.165, 1.54) is 4.90 Å². The van der Waals surface area contributed by atoms with E-state index in [1.807, 2.05) is 47.4 Å². The van der Waals surface area contributed by atoms with Gasteiger partial charge in [0.15, 0.2) is 0 Å². The van der Waals surface area contributed by atoms with Crippen molar-refractivity contribution in [3.05, 3.63) is 59.7 Å². The van der Waals surface area contributed by atoms with E-state index < -0.39 is 24.5 Å². The maximum atomic E-state index is 13.7. The first-order chi connectivity index (χ1) is 16.8. The van der Waals surface area contributed by atoms with Crippen molar-refractivity contribution < 1.29 is 40.7 Å². The Kier molecular flexibility index (Phi) is 8.17. The van der Waals surface area contributed by atoms with Crippen LogP contribution < -0.4 is 0 Å². The second-order valence-electron chi connectivity index (χ2n) is 8.51. The lowest BCUT2D eigenvalue weighted by atomic mass is 9.98. The van der Waals surface area contributed by atoms with Crippen LogP contribution in [0.15, 0.2) is 48.5 Å². The molecule has 1 heterocycles. The van der Waals surface area contributed by atoms with Crippen LogP contribution in [0.3, 0.4) is 0 Å². The van der Waals surface area contributed by atoms with Gasteiger partial charge in [-0.1, -0.05) is 42.5 Å². The molecule has 1 atom stereocenters. The molecule has 36 heavy (non-hydrogen) atoms. The van der Waals surface area contributed by atoms with E-state index >= 15 is 0 Å². The smallest absolute Gasteiger partial charge is 0.398 e. The summed E-state index contributed by atoms with van der Waals surface area (Å²) in [7, 11) is 3.24. The van der Waals surface area contributed by atoms with Crippen molar-refractivity contribution in [1.29, 1.82) is 0 Å². The number of hydrogen-bond donors (Lipinski definition) is 0. The van der Waals surface area contributed by atoms with Crippen LogP contribution in [-0.4, -0.2) is 85.4 Å². The van der Waals surface area contributed by atoms with Crippen LogP contribution in [0.25, 0.3) is 11.1 Å². The van der Waals surface area contributed by atoms with Crippen molar-refractivity contribution in [3.8, 4) is 11.1 Å². The number of amides is 2. The fourth-order valence-electron chi connectivity index (χ4n) is 3.71. The molecule has 2 aromatic carbocycles. The largest absolute Gasteiger partial charge is 0.466 e. The van der Waals surface area contributed by atoms with Crippen molar-refractivity contribution in [3.63, 3.8) is 0 Å². The quantitative estimate of drug-likeness (QED) is 0.517. The van der Waals surface area contributed by atoms with Crippen molar-refractivity contribution in [1.82, 2.24) is 14.7 Å². The van der Waals surface area contributed by atoms with Gasteiger partial charge in [-0.3, -0.25) is 9.69 Å². The molecule has 0 radical (unpaired) electrons. The monoisotopic (exact) mass is 517 g/mol. The molecule has 1 unspecified atom stereocenters. The van der Waals surface area contributed by atoms with Crippen LogP contribution in [0, 0.1) is 0 Å². The highest BCUT2D eigenvalue weighted by Crippen LogP contribution is 2.40. The van der Waals surface area contributed by atoms with E-state index in [2.05, 4.69) is 4.74 Å². The first kappa shape index (κ1) is 27.3. The zero-order valence-electron chi connectivity index (χ0n) is 19.6. The van der Waals surface area contributed by atoms with E-state index in [0.717, 1.165) is 16.0 Å². The summed E-state index contributed by atoms with van der Waals surface area (Å²) >= 11 is 0. The molecule has 1 fully saturated rings. The number of carbonyl (C=O) groups is 2. The van der Waals surface area contributed by atoms with Gasteiger partial charge < -0.3 is 14.5 Å². The maximum Gasteiger partial charge on any atom is 0.466 e. The average molecular weight is 517 g/mol. The number of ether oxygens (including phenoxy) is 1. The molecule has 0 aliphatic carbocycles. The molecular weight excluding hydrogens is 492 g/mol. The number of alkyl halides is 6. The fourth-order valence-corrected chi connectivity index (χ4v) is 3.71. The summed E-state index contributed by atoms with van der Waals surface area (Å²) in [6.07, 6.45) is -12.5. The van der Waals surface area contributed by atoms with E-state index in [1.54, 1.807) is 20.2 Å². The second kappa shape index (κ2) is 10.8. The fraction of sp³-hybridized carbons (Fsp3) is 0.417. The van der Waals surface area contributed by atoms with Crippen LogP contribution in [0.1, 0.15) is 15.9 Å². The number of hydrogen-bond acceptors (Lipinski definition) is 4. The molecule has 0 bridgehead atoms. The minimum Gasteiger partial charge on any atom is -0.398 e. The van der Waals surface area contributed by atoms with Crippen molar-refractivity contribution in [2.75, 3.05) is 40.3 Å². The Labute approximate surface area is 204 Å². The van der Waals surface area contributed by atoms with E-state index in [4.69, 9.17) is 0 Å². The number of rotatable bonds is 6. The standard InChI is InChI=1S/C24H25F6N3O3/c1-31(2)20(34)19-14-17(16-6-4-3-5-7-16)8-9-18(19)15-32-10-12-33(13-11-32)22(35)36-23(27,21(25)26)24(28,29)30/h3-9,14,21H,10-13,15H2,1-2H3. The molecule has 0 saturated carbocycles. The SMILES string of the molecule is CN(C)C(=O)c1cc(-c2ccccc2)ccc1CN1CCN(C(=O)OC(F)(C(F)F)C(F)(F)F)CC1. The maximum absolute atomic E-state index is 13.7. The Morgan fingerprint density at radius 3 is 2.08 bits per heavy atom. The molecule has 1 saturated heterocycles. The minimum atomic E-state index is -6.08. The molecule has 0 spiro atoms. The molecule has 3 rings (SSSR count). The first-order valence-electron chi connectivity index (χ1n) is 11.0. The molecule has 1 aliphatic rings. The van der Waals surface area contributed by atoms with Crippen LogP contribution in [0.2, 0.25) is 0 Å². The lowest BCUT2D eigenvalue weighted by molar-refractivity contribution is -0.351. The number of benzene rings is 2. The highest BCUT2D eigenvalue weighted by Gasteiger charge is 2.67. The number of nitrogens with zero attached hydrogens (tertiary/aromatic N) is 3. The average Bonchev–Trinajstić information content (AvgIpc) is 2.83. The van der Waals surface area contributed by atoms with Crippen molar-refractivity contribution >= 4 is 12.0 Å². The molecule has 0 N–H and O–H groups in total. The lowest BCUT2D eigenvalue weighted by Crippen LogP contribution is -2.55. The van der Waals surface area contributed by atoms with Crippen LogP contribution in [0.5, 0.6) is 0 Å². The van der Waals surface area contributed by atoms with Crippen LogP contribution in [0.4, 0.5) is 31.1 Å². The molecule has 196 valence electrons. The molecule has 2 amide bonds. The molecule has 2 aromatic rings. The van der Waals surface area contributed by atoms with Gasteiger partial charge in [-0.15, -0.1) is 0 Å². The van der Waals surface area contributed by atoms with Gasteiger partial charge in [0, 0.05) is 52.4 Å². The van der Waals surface area contributed by atoms with Crippen molar-refractivity contribution in [2.45, 2.75) is 25.0 Å². The van der Waals surface area contributed by atoms with Gasteiger partial charge in [0.1, 0.15) is 0 Å². The summed E-state index contributed by atoms with van der Waals surface area (Å²) in [6, 6.07) is 14.9. The summed E-state index contributed by atoms with van der Waals surface area (Å²) in [6.45, 7) is 0.236. The molecular formula is C24H25F6N3O3. The molecule has 0 aromatic heterocycles. The van der Waals surface area contributed by atoms with Crippen LogP contribution in [-0.2, 0) is 11.3 Å². The number of carbonyl (C=O) groups excluding carboxylic acids is 2. The number of halogens is 6. The highest BCUT2D eigenvalue weighted by atomic mass is 19.4. The normalized spacial score (nSPS) is 16.5. The number of piperazine rings is 1. The summed E-state index contributed by atoms with van der Waals surface area (Å²) in [5.41, 5.74) is 2.93. The Balaban J connectivity index is 1.70. The molecule has 12 heteroatoms. The van der Waals surface area contributed by atoms with Gasteiger partial charge in [-0.2, -0.15) is 17.6 Å². The topological polar surface area (TPSA) is 53.1 Å². The molecule has 6 nitrogen and oxygen atoms in total. The molecule has 1 aliphatic heterocycles. The van der Waals surface area contributed by atoms with E-state index in [-0.39, 0.29) is 32.1 Å². The zero-order chi connectivity index (χ0) is 26.7. The zero-order valence-corrected chi connectivity index (χ0v) is 19.6. The summed E-state index contributed by atoms with van der Waals surface area (Å²) in [5, 5.41) is 0. The third-order valence-corrected chi connectivity index (χ3v) is 5.78. The van der Waals surface area contributed by atoms with Gasteiger partial charge in [0.25, 0.3) is 5.91 Å². The summed E-state index contributed by atoms with van der Waals surface area (Å²) in [4.78, 5) is 28.9. The summed E-state index contributed by atoms with van der Waals surface area (Å²) < 4.78 is 80.7. The van der Waals surface area contributed by atoms with Gasteiger partial charge >= 0.3 is 24.5 Å². The third-order valence-electron chi connectivity index (χ3n) is 5.78. The Morgan fingerprint density at radius 1 is 0.944 bits per heavy atom. The van der Waals surface area contributed by atoms with Crippen LogP contribution >= 0.6 is 0 Å². The van der Waals surface area contributed by atoms with Gasteiger partial charge in [-0.05, 0) is 22.8 Å². The predicted octanol–water partition coefficient (Wildman–Crippen LogP) is 4.80. The van der Waals surface area contributed by atoms with E-state index in [9.17, 15) is 35.9 Å². The second-order valence-corrected chi connectivity index (χ2v) is 8.51. The Hall–Kier alpha value is -3.28. The minimum absolute atomic E-state index is 0.144. The third kappa shape index (κ3) is 5.92. The predicted molar refractivity (Wildman–Crippen MR) is 119 cm³/mol. The van der Waals surface area contributed by atoms with Gasteiger partial charge in [-0.25, -0.2) is 13.6 Å². The highest BCUT2D eigenvalue weighted by molar-refractivity contribution is 5.96. The lowest BCUT2D eigenvalue weighted by Gasteiger charge is -2.36. The van der Waals surface area contributed by atoms with Gasteiger partial charge in [0.05, 0.1) is 0 Å². The summed E-state index contributed by atoms with van der Waals surface area (Å²) in [5.74, 6) is -5.60. The van der Waals surface area contributed by atoms with Gasteiger partial charge in [0.2, 0.25) is 0 Å². The van der Waals surface area contributed by atoms with Crippen molar-refractivity contribution in [2.24, 2.45) is 0 Å².